The number of aromatic nitrogens is 1. The number of aliphatic hydroxyl groups is 1. The zero-order chi connectivity index (χ0) is 16.8. The molecule has 1 aromatic heterocycles. The maximum Gasteiger partial charge on any atom is 0.230 e. The molecule has 0 aliphatic heterocycles. The zero-order valence-corrected chi connectivity index (χ0v) is 14.6. The normalized spacial score (nSPS) is 11.0. The van der Waals surface area contributed by atoms with Gasteiger partial charge in [0.05, 0.1) is 18.0 Å². The highest BCUT2D eigenvalue weighted by Crippen LogP contribution is 2.31. The van der Waals surface area contributed by atoms with E-state index in [1.165, 1.54) is 11.3 Å². The van der Waals surface area contributed by atoms with Crippen LogP contribution in [0.25, 0.3) is 0 Å². The summed E-state index contributed by atoms with van der Waals surface area (Å²) in [7, 11) is 1.93. The van der Waals surface area contributed by atoms with Crippen molar-refractivity contribution in [1.82, 2.24) is 9.88 Å². The highest BCUT2D eigenvalue weighted by molar-refractivity contribution is 7.14. The van der Waals surface area contributed by atoms with E-state index in [2.05, 4.69) is 11.9 Å². The second-order valence-corrected chi connectivity index (χ2v) is 6.26. The van der Waals surface area contributed by atoms with Crippen LogP contribution >= 0.6 is 11.3 Å². The SMILES string of the molecule is CCc1ccccc1N(C(C)=O)c1nc(CN(C)CCO)cs1. The van der Waals surface area contributed by atoms with Gasteiger partial charge >= 0.3 is 0 Å². The summed E-state index contributed by atoms with van der Waals surface area (Å²) in [5.41, 5.74) is 2.92. The standard InChI is InChI=1S/C17H23N3O2S/c1-4-14-7-5-6-8-16(14)20(13(2)22)17-18-15(12-23-17)11-19(3)9-10-21/h5-8,12,21H,4,9-11H2,1-3H3. The van der Waals surface area contributed by atoms with Gasteiger partial charge < -0.3 is 5.11 Å². The average molecular weight is 333 g/mol. The van der Waals surface area contributed by atoms with Gasteiger partial charge in [-0.15, -0.1) is 11.3 Å². The molecular formula is C17H23N3O2S. The molecule has 1 heterocycles. The van der Waals surface area contributed by atoms with E-state index in [4.69, 9.17) is 5.11 Å². The molecule has 0 bridgehead atoms. The Morgan fingerprint density at radius 3 is 2.74 bits per heavy atom. The van der Waals surface area contributed by atoms with Gasteiger partial charge in [-0.3, -0.25) is 14.6 Å². The van der Waals surface area contributed by atoms with Crippen LogP contribution < -0.4 is 4.90 Å². The number of aliphatic hydroxyl groups excluding tert-OH is 1. The summed E-state index contributed by atoms with van der Waals surface area (Å²) in [5.74, 6) is -0.0458. The molecule has 0 radical (unpaired) electrons. The Morgan fingerprint density at radius 1 is 1.35 bits per heavy atom. The summed E-state index contributed by atoms with van der Waals surface area (Å²) in [6.07, 6.45) is 0.859. The molecule has 0 saturated carbocycles. The van der Waals surface area contributed by atoms with Crippen molar-refractivity contribution < 1.29 is 9.90 Å². The fourth-order valence-electron chi connectivity index (χ4n) is 2.43. The smallest absolute Gasteiger partial charge is 0.230 e. The number of rotatable bonds is 7. The van der Waals surface area contributed by atoms with E-state index >= 15 is 0 Å². The number of benzene rings is 1. The molecule has 23 heavy (non-hydrogen) atoms. The largest absolute Gasteiger partial charge is 0.395 e. The molecule has 0 unspecified atom stereocenters. The molecule has 2 aromatic rings. The Kier molecular flexibility index (Phi) is 6.27. The maximum absolute atomic E-state index is 12.2. The predicted molar refractivity (Wildman–Crippen MR) is 94.2 cm³/mol. The van der Waals surface area contributed by atoms with Gasteiger partial charge in [-0.25, -0.2) is 4.98 Å². The Labute approximate surface area is 141 Å². The van der Waals surface area contributed by atoms with Crippen LogP contribution in [0.4, 0.5) is 10.8 Å². The van der Waals surface area contributed by atoms with Gasteiger partial charge in [0.1, 0.15) is 0 Å². The molecule has 0 saturated heterocycles. The van der Waals surface area contributed by atoms with Crippen LogP contribution in [-0.2, 0) is 17.8 Å². The van der Waals surface area contributed by atoms with Crippen molar-refractivity contribution in [2.45, 2.75) is 26.8 Å². The summed E-state index contributed by atoms with van der Waals surface area (Å²) < 4.78 is 0. The lowest BCUT2D eigenvalue weighted by atomic mass is 10.1. The lowest BCUT2D eigenvalue weighted by Crippen LogP contribution is -2.24. The first-order valence-corrected chi connectivity index (χ1v) is 8.57. The van der Waals surface area contributed by atoms with E-state index in [0.29, 0.717) is 18.2 Å². The highest BCUT2D eigenvalue weighted by Gasteiger charge is 2.20. The molecule has 1 N–H and O–H groups in total. The van der Waals surface area contributed by atoms with Gasteiger partial charge in [-0.05, 0) is 25.1 Å². The number of amides is 1. The molecule has 0 fully saturated rings. The second-order valence-electron chi connectivity index (χ2n) is 5.42. The highest BCUT2D eigenvalue weighted by atomic mass is 32.1. The van der Waals surface area contributed by atoms with E-state index in [1.54, 1.807) is 11.8 Å². The van der Waals surface area contributed by atoms with Crippen molar-refractivity contribution in [1.29, 1.82) is 0 Å². The Hall–Kier alpha value is -1.76. The summed E-state index contributed by atoms with van der Waals surface area (Å²) in [5, 5.41) is 11.6. The Morgan fingerprint density at radius 2 is 2.09 bits per heavy atom. The minimum absolute atomic E-state index is 0.0458. The van der Waals surface area contributed by atoms with Crippen molar-refractivity contribution in [3.05, 3.63) is 40.9 Å². The molecular weight excluding hydrogens is 310 g/mol. The predicted octanol–water partition coefficient (Wildman–Crippen LogP) is 2.81. The lowest BCUT2D eigenvalue weighted by molar-refractivity contribution is -0.115. The summed E-state index contributed by atoms with van der Waals surface area (Å²) in [6.45, 7) is 5.01. The summed E-state index contributed by atoms with van der Waals surface area (Å²) in [4.78, 5) is 20.5. The first-order chi connectivity index (χ1) is 11.1. The van der Waals surface area contributed by atoms with E-state index < -0.39 is 0 Å². The number of para-hydroxylation sites is 1. The average Bonchev–Trinajstić information content (AvgIpc) is 2.95. The summed E-state index contributed by atoms with van der Waals surface area (Å²) >= 11 is 1.46. The number of anilines is 2. The van der Waals surface area contributed by atoms with Crippen LogP contribution in [0, 0.1) is 0 Å². The first kappa shape index (κ1) is 17.6. The van der Waals surface area contributed by atoms with Gasteiger partial charge in [0, 0.05) is 25.4 Å². The Bertz CT molecular complexity index is 657. The molecule has 5 nitrogen and oxygen atoms in total. The molecule has 6 heteroatoms. The monoisotopic (exact) mass is 333 g/mol. The molecule has 2 rings (SSSR count). The first-order valence-electron chi connectivity index (χ1n) is 7.69. The number of thiazole rings is 1. The fourth-order valence-corrected chi connectivity index (χ4v) is 3.30. The molecule has 0 spiro atoms. The number of aryl methyl sites for hydroxylation is 1. The molecule has 1 aromatic carbocycles. The van der Waals surface area contributed by atoms with E-state index in [9.17, 15) is 4.79 Å². The van der Waals surface area contributed by atoms with Crippen LogP contribution in [0.3, 0.4) is 0 Å². The van der Waals surface area contributed by atoms with Crippen LogP contribution in [-0.4, -0.2) is 41.1 Å². The van der Waals surface area contributed by atoms with E-state index in [0.717, 1.165) is 23.4 Å². The summed E-state index contributed by atoms with van der Waals surface area (Å²) in [6, 6.07) is 7.92. The molecule has 0 aliphatic carbocycles. The van der Waals surface area contributed by atoms with Gasteiger partial charge in [-0.1, -0.05) is 25.1 Å². The van der Waals surface area contributed by atoms with E-state index in [-0.39, 0.29) is 12.5 Å². The minimum atomic E-state index is -0.0458. The van der Waals surface area contributed by atoms with Gasteiger partial charge in [0.15, 0.2) is 5.13 Å². The number of carbonyl (C=O) groups is 1. The molecule has 124 valence electrons. The molecule has 1 amide bonds. The third-order valence-electron chi connectivity index (χ3n) is 3.57. The maximum atomic E-state index is 12.2. The Balaban J connectivity index is 2.29. The van der Waals surface area contributed by atoms with Gasteiger partial charge in [-0.2, -0.15) is 0 Å². The number of likely N-dealkylation sites (N-methyl/N-ethyl adjacent to an activating group) is 1. The van der Waals surface area contributed by atoms with Crippen molar-refractivity contribution >= 4 is 28.1 Å². The second kappa shape index (κ2) is 8.19. The fraction of sp³-hybridized carbons (Fsp3) is 0.412. The van der Waals surface area contributed by atoms with Crippen LogP contribution in [0.5, 0.6) is 0 Å². The molecule has 0 aliphatic rings. The quantitative estimate of drug-likeness (QED) is 0.846. The molecule has 0 atom stereocenters. The van der Waals surface area contributed by atoms with Crippen LogP contribution in [0.15, 0.2) is 29.6 Å². The zero-order valence-electron chi connectivity index (χ0n) is 13.8. The third kappa shape index (κ3) is 4.37. The van der Waals surface area contributed by atoms with E-state index in [1.807, 2.05) is 41.6 Å². The van der Waals surface area contributed by atoms with Crippen molar-refractivity contribution in [3.8, 4) is 0 Å². The number of hydrogen-bond acceptors (Lipinski definition) is 5. The topological polar surface area (TPSA) is 56.7 Å². The van der Waals surface area contributed by atoms with Gasteiger partial charge in [0.25, 0.3) is 0 Å². The van der Waals surface area contributed by atoms with Crippen molar-refractivity contribution in [2.24, 2.45) is 0 Å². The third-order valence-corrected chi connectivity index (χ3v) is 4.45. The van der Waals surface area contributed by atoms with Crippen molar-refractivity contribution in [3.63, 3.8) is 0 Å². The van der Waals surface area contributed by atoms with Crippen LogP contribution in [0.1, 0.15) is 25.1 Å². The number of nitrogens with zero attached hydrogens (tertiary/aromatic N) is 3. The lowest BCUT2D eigenvalue weighted by Gasteiger charge is -2.21. The number of hydrogen-bond donors (Lipinski definition) is 1. The number of carbonyl (C=O) groups excluding carboxylic acids is 1. The van der Waals surface area contributed by atoms with Crippen LogP contribution in [0.2, 0.25) is 0 Å². The minimum Gasteiger partial charge on any atom is -0.395 e. The van der Waals surface area contributed by atoms with Crippen molar-refractivity contribution in [2.75, 3.05) is 25.1 Å². The van der Waals surface area contributed by atoms with Gasteiger partial charge in [0.2, 0.25) is 5.91 Å².